The Labute approximate surface area is 148 Å². The van der Waals surface area contributed by atoms with Crippen LogP contribution in [0.5, 0.6) is 5.75 Å². The fraction of sp³-hybridized carbons (Fsp3) is 0.500. The molecule has 1 aliphatic heterocycles. The van der Waals surface area contributed by atoms with Crippen molar-refractivity contribution in [3.63, 3.8) is 0 Å². The lowest BCUT2D eigenvalue weighted by molar-refractivity contribution is -0.125. The van der Waals surface area contributed by atoms with Gasteiger partial charge in [0.05, 0.1) is 25.9 Å². The second-order valence-electron chi connectivity index (χ2n) is 5.24. The zero-order chi connectivity index (χ0) is 16.7. The molecular formula is C16H24ClN3O4. The van der Waals surface area contributed by atoms with Gasteiger partial charge in [0.2, 0.25) is 11.8 Å². The van der Waals surface area contributed by atoms with Crippen LogP contribution < -0.4 is 20.3 Å². The number of carbonyl (C=O) groups excluding carboxylic acids is 2. The van der Waals surface area contributed by atoms with Gasteiger partial charge < -0.3 is 25.0 Å². The van der Waals surface area contributed by atoms with E-state index >= 15 is 0 Å². The zero-order valence-electron chi connectivity index (χ0n) is 13.9. The monoisotopic (exact) mass is 357 g/mol. The second-order valence-corrected chi connectivity index (χ2v) is 5.24. The number of hydrogen-bond donors (Lipinski definition) is 2. The Kier molecular flexibility index (Phi) is 8.53. The molecule has 0 aliphatic carbocycles. The summed E-state index contributed by atoms with van der Waals surface area (Å²) in [4.78, 5) is 26.0. The summed E-state index contributed by atoms with van der Waals surface area (Å²) in [5.41, 5.74) is 0.731. The van der Waals surface area contributed by atoms with Gasteiger partial charge in [-0.25, -0.2) is 0 Å². The molecule has 1 aliphatic rings. The molecule has 2 N–H and O–H groups in total. The number of ether oxygens (including phenoxy) is 2. The summed E-state index contributed by atoms with van der Waals surface area (Å²) in [6.07, 6.45) is 0.584. The molecule has 0 aromatic heterocycles. The number of benzene rings is 1. The van der Waals surface area contributed by atoms with Gasteiger partial charge in [-0.15, -0.1) is 12.4 Å². The number of halogens is 1. The third-order valence-corrected chi connectivity index (χ3v) is 3.69. The maximum absolute atomic E-state index is 12.5. The maximum atomic E-state index is 12.5. The number of para-hydroxylation sites is 2. The van der Waals surface area contributed by atoms with Gasteiger partial charge in [0.15, 0.2) is 0 Å². The Morgan fingerprint density at radius 2 is 2.08 bits per heavy atom. The lowest BCUT2D eigenvalue weighted by atomic mass is 10.2. The highest BCUT2D eigenvalue weighted by atomic mass is 35.5. The van der Waals surface area contributed by atoms with Crippen molar-refractivity contribution in [3.05, 3.63) is 24.3 Å². The third-order valence-electron chi connectivity index (χ3n) is 3.69. The summed E-state index contributed by atoms with van der Waals surface area (Å²) in [5, 5.41) is 5.72. The SMILES string of the molecule is COCCNCC(=O)NC1CCN(c2ccccc2OC)C1=O.Cl. The lowest BCUT2D eigenvalue weighted by Gasteiger charge is -2.19. The molecule has 1 heterocycles. The fourth-order valence-corrected chi connectivity index (χ4v) is 2.53. The third kappa shape index (κ3) is 5.09. The Morgan fingerprint density at radius 1 is 1.33 bits per heavy atom. The molecule has 134 valence electrons. The molecule has 24 heavy (non-hydrogen) atoms. The number of nitrogens with zero attached hydrogens (tertiary/aromatic N) is 1. The molecule has 0 saturated carbocycles. The van der Waals surface area contributed by atoms with E-state index in [1.807, 2.05) is 24.3 Å². The van der Waals surface area contributed by atoms with E-state index in [4.69, 9.17) is 9.47 Å². The van der Waals surface area contributed by atoms with Crippen LogP contribution in [0.4, 0.5) is 5.69 Å². The van der Waals surface area contributed by atoms with Crippen molar-refractivity contribution in [1.29, 1.82) is 0 Å². The maximum Gasteiger partial charge on any atom is 0.249 e. The van der Waals surface area contributed by atoms with Crippen molar-refractivity contribution in [2.24, 2.45) is 0 Å². The van der Waals surface area contributed by atoms with Gasteiger partial charge in [-0.2, -0.15) is 0 Å². The number of nitrogens with one attached hydrogen (secondary N) is 2. The minimum absolute atomic E-state index is 0. The highest BCUT2D eigenvalue weighted by Crippen LogP contribution is 2.30. The Morgan fingerprint density at radius 3 is 2.79 bits per heavy atom. The van der Waals surface area contributed by atoms with Crippen molar-refractivity contribution in [2.45, 2.75) is 12.5 Å². The molecule has 0 bridgehead atoms. The summed E-state index contributed by atoms with van der Waals surface area (Å²) in [5.74, 6) is 0.343. The number of rotatable bonds is 8. The van der Waals surface area contributed by atoms with Gasteiger partial charge in [0.25, 0.3) is 0 Å². The van der Waals surface area contributed by atoms with Crippen LogP contribution in [0.15, 0.2) is 24.3 Å². The lowest BCUT2D eigenvalue weighted by Crippen LogP contribution is -2.45. The molecule has 1 aromatic rings. The van der Waals surface area contributed by atoms with Gasteiger partial charge in [-0.05, 0) is 18.6 Å². The van der Waals surface area contributed by atoms with Gasteiger partial charge in [-0.3, -0.25) is 9.59 Å². The van der Waals surface area contributed by atoms with Crippen LogP contribution in [-0.2, 0) is 14.3 Å². The van der Waals surface area contributed by atoms with Gasteiger partial charge in [0, 0.05) is 20.2 Å². The van der Waals surface area contributed by atoms with Crippen molar-refractivity contribution in [2.75, 3.05) is 45.4 Å². The van der Waals surface area contributed by atoms with Crippen molar-refractivity contribution < 1.29 is 19.1 Å². The molecular weight excluding hydrogens is 334 g/mol. The summed E-state index contributed by atoms with van der Waals surface area (Å²) in [6.45, 7) is 1.86. The summed E-state index contributed by atoms with van der Waals surface area (Å²) in [7, 11) is 3.18. The molecule has 2 rings (SSSR count). The molecule has 7 nitrogen and oxygen atoms in total. The highest BCUT2D eigenvalue weighted by Gasteiger charge is 2.34. The quantitative estimate of drug-likeness (QED) is 0.665. The van der Waals surface area contributed by atoms with Crippen LogP contribution in [-0.4, -0.2) is 58.3 Å². The first-order chi connectivity index (χ1) is 11.2. The van der Waals surface area contributed by atoms with Crippen molar-refractivity contribution >= 4 is 29.9 Å². The van der Waals surface area contributed by atoms with Crippen LogP contribution in [0.2, 0.25) is 0 Å². The predicted molar refractivity (Wildman–Crippen MR) is 93.9 cm³/mol. The van der Waals surface area contributed by atoms with Gasteiger partial charge in [-0.1, -0.05) is 12.1 Å². The van der Waals surface area contributed by atoms with Crippen LogP contribution in [0.1, 0.15) is 6.42 Å². The minimum atomic E-state index is -0.489. The predicted octanol–water partition coefficient (Wildman–Crippen LogP) is 0.575. The Hall–Kier alpha value is -1.83. The summed E-state index contributed by atoms with van der Waals surface area (Å²) in [6, 6.07) is 6.88. The largest absolute Gasteiger partial charge is 0.495 e. The van der Waals surface area contributed by atoms with E-state index in [9.17, 15) is 9.59 Å². The number of anilines is 1. The van der Waals surface area contributed by atoms with E-state index in [0.717, 1.165) is 5.69 Å². The Balaban J connectivity index is 0.00000288. The number of methoxy groups -OCH3 is 2. The smallest absolute Gasteiger partial charge is 0.249 e. The van der Waals surface area contributed by atoms with Crippen molar-refractivity contribution in [3.8, 4) is 5.75 Å². The average molecular weight is 358 g/mol. The summed E-state index contributed by atoms with van der Waals surface area (Å²) >= 11 is 0. The van der Waals surface area contributed by atoms with Crippen LogP contribution in [0.3, 0.4) is 0 Å². The topological polar surface area (TPSA) is 79.9 Å². The molecule has 1 unspecified atom stereocenters. The van der Waals surface area contributed by atoms with E-state index < -0.39 is 6.04 Å². The molecule has 1 fully saturated rings. The van der Waals surface area contributed by atoms with E-state index in [0.29, 0.717) is 31.9 Å². The minimum Gasteiger partial charge on any atom is -0.495 e. The normalized spacial score (nSPS) is 16.7. The molecule has 8 heteroatoms. The first-order valence-electron chi connectivity index (χ1n) is 7.60. The van der Waals surface area contributed by atoms with Crippen LogP contribution in [0, 0.1) is 0 Å². The molecule has 1 aromatic carbocycles. The van der Waals surface area contributed by atoms with Crippen molar-refractivity contribution in [1.82, 2.24) is 10.6 Å². The van der Waals surface area contributed by atoms with E-state index in [-0.39, 0.29) is 30.8 Å². The first kappa shape index (κ1) is 20.2. The number of amides is 2. The number of carbonyl (C=O) groups is 2. The molecule has 2 amide bonds. The first-order valence-corrected chi connectivity index (χ1v) is 7.60. The van der Waals surface area contributed by atoms with Crippen LogP contribution in [0.25, 0.3) is 0 Å². The second kappa shape index (κ2) is 10.1. The molecule has 1 atom stereocenters. The molecule has 0 spiro atoms. The van der Waals surface area contributed by atoms with Gasteiger partial charge in [0.1, 0.15) is 11.8 Å². The molecule has 1 saturated heterocycles. The zero-order valence-corrected chi connectivity index (χ0v) is 14.7. The summed E-state index contributed by atoms with van der Waals surface area (Å²) < 4.78 is 10.2. The fourth-order valence-electron chi connectivity index (χ4n) is 2.53. The van der Waals surface area contributed by atoms with E-state index in [2.05, 4.69) is 10.6 Å². The number of hydrogen-bond acceptors (Lipinski definition) is 5. The average Bonchev–Trinajstić information content (AvgIpc) is 2.92. The van der Waals surface area contributed by atoms with Crippen LogP contribution >= 0.6 is 12.4 Å². The van der Waals surface area contributed by atoms with E-state index in [1.54, 1.807) is 19.1 Å². The molecule has 0 radical (unpaired) electrons. The highest BCUT2D eigenvalue weighted by molar-refractivity contribution is 6.02. The Bertz CT molecular complexity index is 556. The standard InChI is InChI=1S/C16H23N3O4.ClH/c1-22-10-8-17-11-15(20)18-12-7-9-19(16(12)21)13-5-3-4-6-14(13)23-2;/h3-6,12,17H,7-11H2,1-2H3,(H,18,20);1H. The van der Waals surface area contributed by atoms with Gasteiger partial charge >= 0.3 is 0 Å². The van der Waals surface area contributed by atoms with E-state index in [1.165, 1.54) is 0 Å².